The third kappa shape index (κ3) is 2.01. The molecule has 17 heavy (non-hydrogen) atoms. The molecule has 2 aromatic rings. The summed E-state index contributed by atoms with van der Waals surface area (Å²) in [5, 5.41) is 12.4. The van der Waals surface area contributed by atoms with Crippen molar-refractivity contribution >= 4 is 5.97 Å². The Kier molecular flexibility index (Phi) is 2.63. The Bertz CT molecular complexity index is 593. The third-order valence-corrected chi connectivity index (χ3v) is 2.30. The van der Waals surface area contributed by atoms with E-state index in [4.69, 9.17) is 5.11 Å². The summed E-state index contributed by atoms with van der Waals surface area (Å²) in [5.41, 5.74) is -0.0296. The summed E-state index contributed by atoms with van der Waals surface area (Å²) < 4.78 is 27.7. The highest BCUT2D eigenvalue weighted by Gasteiger charge is 2.15. The van der Waals surface area contributed by atoms with Crippen LogP contribution in [0, 0.1) is 11.6 Å². The summed E-state index contributed by atoms with van der Waals surface area (Å²) in [6.45, 7) is 0. The fourth-order valence-electron chi connectivity index (χ4n) is 1.52. The van der Waals surface area contributed by atoms with Crippen LogP contribution in [0.15, 0.2) is 24.3 Å². The van der Waals surface area contributed by atoms with Crippen molar-refractivity contribution in [3.05, 3.63) is 41.6 Å². The molecule has 0 amide bonds. The number of aromatic nitrogens is 2. The lowest BCUT2D eigenvalue weighted by Crippen LogP contribution is -1.99. The lowest BCUT2D eigenvalue weighted by Gasteiger charge is -2.03. The maximum Gasteiger partial charge on any atom is 0.356 e. The number of aryl methyl sites for hydroxylation is 1. The van der Waals surface area contributed by atoms with Crippen LogP contribution in [0.2, 0.25) is 0 Å². The third-order valence-electron chi connectivity index (χ3n) is 2.30. The summed E-state index contributed by atoms with van der Waals surface area (Å²) in [6, 6.07) is 4.17. The number of carbonyl (C=O) groups is 1. The van der Waals surface area contributed by atoms with Crippen molar-refractivity contribution in [1.29, 1.82) is 0 Å². The molecule has 0 radical (unpaired) electrons. The number of hydrogen-bond acceptors (Lipinski definition) is 2. The molecule has 6 heteroatoms. The first-order valence-electron chi connectivity index (χ1n) is 4.72. The summed E-state index contributed by atoms with van der Waals surface area (Å²) in [6.07, 6.45) is 0. The van der Waals surface area contributed by atoms with Gasteiger partial charge in [-0.25, -0.2) is 13.6 Å². The monoisotopic (exact) mass is 238 g/mol. The van der Waals surface area contributed by atoms with Gasteiger partial charge in [0.05, 0.1) is 5.69 Å². The molecule has 1 N–H and O–H groups in total. The fourth-order valence-corrected chi connectivity index (χ4v) is 1.52. The van der Waals surface area contributed by atoms with Gasteiger partial charge in [0, 0.05) is 12.6 Å². The van der Waals surface area contributed by atoms with E-state index in [1.165, 1.54) is 17.8 Å². The number of benzene rings is 1. The van der Waals surface area contributed by atoms with Crippen molar-refractivity contribution in [3.63, 3.8) is 0 Å². The minimum atomic E-state index is -1.22. The molecule has 0 unspecified atom stereocenters. The van der Waals surface area contributed by atoms with Crippen molar-refractivity contribution in [2.24, 2.45) is 7.05 Å². The van der Waals surface area contributed by atoms with Gasteiger partial charge in [0.1, 0.15) is 11.6 Å². The van der Waals surface area contributed by atoms with Gasteiger partial charge in [-0.3, -0.25) is 4.68 Å². The number of aromatic carboxylic acids is 1. The van der Waals surface area contributed by atoms with Crippen LogP contribution < -0.4 is 0 Å². The molecule has 1 aromatic heterocycles. The van der Waals surface area contributed by atoms with E-state index in [0.717, 1.165) is 18.2 Å². The Labute approximate surface area is 95.1 Å². The molecule has 0 aliphatic carbocycles. The summed E-state index contributed by atoms with van der Waals surface area (Å²) in [4.78, 5) is 10.7. The van der Waals surface area contributed by atoms with Crippen LogP contribution in [0.4, 0.5) is 8.78 Å². The lowest BCUT2D eigenvalue weighted by molar-refractivity contribution is 0.0689. The first kappa shape index (κ1) is 11.3. The van der Waals surface area contributed by atoms with Crippen LogP contribution in [0.3, 0.4) is 0 Å². The second-order valence-electron chi connectivity index (χ2n) is 3.47. The average molecular weight is 238 g/mol. The molecule has 0 fully saturated rings. The molecule has 0 spiro atoms. The first-order chi connectivity index (χ1) is 7.99. The quantitative estimate of drug-likeness (QED) is 0.871. The number of carboxylic acid groups (broad SMARTS) is 1. The molecule has 4 nitrogen and oxygen atoms in total. The van der Waals surface area contributed by atoms with E-state index in [1.54, 1.807) is 0 Å². The van der Waals surface area contributed by atoms with Gasteiger partial charge in [-0.2, -0.15) is 5.10 Å². The minimum Gasteiger partial charge on any atom is -0.476 e. The zero-order valence-corrected chi connectivity index (χ0v) is 8.82. The minimum absolute atomic E-state index is 0.0208. The summed E-state index contributed by atoms with van der Waals surface area (Å²) in [5.74, 6) is -2.45. The molecule has 0 saturated heterocycles. The molecule has 0 atom stereocenters. The van der Waals surface area contributed by atoms with E-state index >= 15 is 0 Å². The Hall–Kier alpha value is -2.24. The van der Waals surface area contributed by atoms with Crippen molar-refractivity contribution in [1.82, 2.24) is 9.78 Å². The number of halogens is 2. The second-order valence-corrected chi connectivity index (χ2v) is 3.47. The highest BCUT2D eigenvalue weighted by atomic mass is 19.1. The van der Waals surface area contributed by atoms with Crippen LogP contribution in [0.5, 0.6) is 0 Å². The Morgan fingerprint density at radius 2 is 2.06 bits per heavy atom. The van der Waals surface area contributed by atoms with Gasteiger partial charge < -0.3 is 5.11 Å². The van der Waals surface area contributed by atoms with Gasteiger partial charge in [0.15, 0.2) is 5.69 Å². The lowest BCUT2D eigenvalue weighted by atomic mass is 10.1. The number of nitrogens with zero attached hydrogens (tertiary/aromatic N) is 2. The van der Waals surface area contributed by atoms with Gasteiger partial charge >= 0.3 is 5.97 Å². The van der Waals surface area contributed by atoms with Gasteiger partial charge in [-0.05, 0) is 24.3 Å². The predicted octanol–water partition coefficient (Wildman–Crippen LogP) is 2.06. The molecule has 1 heterocycles. The predicted molar refractivity (Wildman–Crippen MR) is 55.5 cm³/mol. The van der Waals surface area contributed by atoms with Crippen LogP contribution >= 0.6 is 0 Å². The van der Waals surface area contributed by atoms with Gasteiger partial charge in [-0.1, -0.05) is 0 Å². The molecular formula is C11H8F2N2O2. The SMILES string of the molecule is Cn1nc(C(=O)O)cc1-c1cc(F)ccc1F. The van der Waals surface area contributed by atoms with Crippen molar-refractivity contribution in [2.75, 3.05) is 0 Å². The molecule has 1 aromatic carbocycles. The molecule has 0 bridgehead atoms. The van der Waals surface area contributed by atoms with E-state index in [-0.39, 0.29) is 17.0 Å². The Morgan fingerprint density at radius 1 is 1.35 bits per heavy atom. The highest BCUT2D eigenvalue weighted by molar-refractivity contribution is 5.87. The second kappa shape index (κ2) is 3.97. The van der Waals surface area contributed by atoms with Crippen LogP contribution in [0.25, 0.3) is 11.3 Å². The molecule has 0 saturated carbocycles. The number of carboxylic acids is 1. The van der Waals surface area contributed by atoms with E-state index < -0.39 is 17.6 Å². The van der Waals surface area contributed by atoms with Crippen molar-refractivity contribution in [2.45, 2.75) is 0 Å². The Balaban J connectivity index is 2.60. The topological polar surface area (TPSA) is 55.1 Å². The zero-order valence-electron chi connectivity index (χ0n) is 8.82. The van der Waals surface area contributed by atoms with Gasteiger partial charge in [0.25, 0.3) is 0 Å². The van der Waals surface area contributed by atoms with Crippen LogP contribution in [-0.4, -0.2) is 20.9 Å². The van der Waals surface area contributed by atoms with Gasteiger partial charge in [0.2, 0.25) is 0 Å². The molecule has 2 rings (SSSR count). The van der Waals surface area contributed by atoms with E-state index in [0.29, 0.717) is 0 Å². The highest BCUT2D eigenvalue weighted by Crippen LogP contribution is 2.24. The normalized spacial score (nSPS) is 10.5. The van der Waals surface area contributed by atoms with Crippen LogP contribution in [0.1, 0.15) is 10.5 Å². The first-order valence-corrected chi connectivity index (χ1v) is 4.72. The van der Waals surface area contributed by atoms with E-state index in [2.05, 4.69) is 5.10 Å². The van der Waals surface area contributed by atoms with Crippen LogP contribution in [-0.2, 0) is 7.05 Å². The van der Waals surface area contributed by atoms with Gasteiger partial charge in [-0.15, -0.1) is 0 Å². The zero-order chi connectivity index (χ0) is 12.6. The number of hydrogen-bond donors (Lipinski definition) is 1. The maximum atomic E-state index is 13.5. The van der Waals surface area contributed by atoms with Crippen molar-refractivity contribution < 1.29 is 18.7 Å². The maximum absolute atomic E-state index is 13.5. The fraction of sp³-hybridized carbons (Fsp3) is 0.0909. The molecule has 0 aliphatic rings. The number of rotatable bonds is 2. The van der Waals surface area contributed by atoms with Crippen molar-refractivity contribution in [3.8, 4) is 11.3 Å². The average Bonchev–Trinajstić information content (AvgIpc) is 2.64. The largest absolute Gasteiger partial charge is 0.476 e. The summed E-state index contributed by atoms with van der Waals surface area (Å²) in [7, 11) is 1.46. The molecule has 0 aliphatic heterocycles. The summed E-state index contributed by atoms with van der Waals surface area (Å²) >= 11 is 0. The van der Waals surface area contributed by atoms with E-state index in [9.17, 15) is 13.6 Å². The molecular weight excluding hydrogens is 230 g/mol. The smallest absolute Gasteiger partial charge is 0.356 e. The Morgan fingerprint density at radius 3 is 2.65 bits per heavy atom. The van der Waals surface area contributed by atoms with E-state index in [1.807, 2.05) is 0 Å². The molecule has 88 valence electrons. The standard InChI is InChI=1S/C11H8F2N2O2/c1-15-10(5-9(14-15)11(16)17)7-4-6(12)2-3-8(7)13/h2-5H,1H3,(H,16,17).